The molecule has 0 spiro atoms. The molecule has 8 nitrogen and oxygen atoms in total. The highest BCUT2D eigenvalue weighted by Crippen LogP contribution is 2.35. The van der Waals surface area contributed by atoms with Crippen molar-refractivity contribution in [3.05, 3.63) is 23.8 Å². The van der Waals surface area contributed by atoms with Crippen molar-refractivity contribution in [3.8, 4) is 17.6 Å². The Morgan fingerprint density at radius 3 is 2.61 bits per heavy atom. The number of aliphatic hydroxyl groups is 1. The molecule has 9 heteroatoms. The summed E-state index contributed by atoms with van der Waals surface area (Å²) in [6.45, 7) is 4.42. The van der Waals surface area contributed by atoms with Crippen molar-refractivity contribution in [1.82, 2.24) is 14.1 Å². The predicted octanol–water partition coefficient (Wildman–Crippen LogP) is 1.24. The summed E-state index contributed by atoms with van der Waals surface area (Å²) in [6.07, 6.45) is 1.43. The van der Waals surface area contributed by atoms with Crippen LogP contribution in [0.5, 0.6) is 5.75 Å². The van der Waals surface area contributed by atoms with Gasteiger partial charge >= 0.3 is 0 Å². The zero-order chi connectivity index (χ0) is 24.3. The smallest absolute Gasteiger partial charge is 0.247 e. The molecule has 0 saturated heterocycles. The number of fused-ring (bicyclic) bond motifs is 1. The van der Waals surface area contributed by atoms with E-state index in [0.717, 1.165) is 12.8 Å². The second-order valence-electron chi connectivity index (χ2n) is 9.43. The summed E-state index contributed by atoms with van der Waals surface area (Å²) in [7, 11) is 1.72. The molecular weight excluding hydrogens is 442 g/mol. The fourth-order valence-corrected chi connectivity index (χ4v) is 5.65. The number of carbonyl (C=O) groups excluding carboxylic acids is 1. The Morgan fingerprint density at radius 2 is 2.00 bits per heavy atom. The molecule has 3 rings (SSSR count). The summed E-state index contributed by atoms with van der Waals surface area (Å²) in [4.78, 5) is 16.2. The second-order valence-corrected chi connectivity index (χ2v) is 11.3. The number of amides is 1. The molecule has 182 valence electrons. The van der Waals surface area contributed by atoms with Gasteiger partial charge in [-0.05, 0) is 52.1 Å². The van der Waals surface area contributed by atoms with Gasteiger partial charge in [0.25, 0.3) is 0 Å². The minimum absolute atomic E-state index is 0.0500. The first-order valence-corrected chi connectivity index (χ1v) is 12.8. The normalized spacial score (nSPS) is 23.4. The van der Waals surface area contributed by atoms with Crippen LogP contribution in [-0.4, -0.2) is 93.1 Å². The van der Waals surface area contributed by atoms with Crippen LogP contribution in [0.2, 0.25) is 0 Å². The maximum absolute atomic E-state index is 13.5. The largest absolute Gasteiger partial charge is 0.487 e. The quantitative estimate of drug-likeness (QED) is 0.620. The molecule has 1 heterocycles. The van der Waals surface area contributed by atoms with Gasteiger partial charge in [0.05, 0.1) is 19.7 Å². The van der Waals surface area contributed by atoms with Crippen LogP contribution in [-0.2, 0) is 14.8 Å². The lowest BCUT2D eigenvalue weighted by atomic mass is 10.0. The van der Waals surface area contributed by atoms with Gasteiger partial charge in [-0.2, -0.15) is 4.31 Å². The number of benzene rings is 1. The van der Waals surface area contributed by atoms with Crippen LogP contribution in [0.15, 0.2) is 23.1 Å². The molecule has 1 aromatic carbocycles. The number of ether oxygens (including phenoxy) is 1. The highest BCUT2D eigenvalue weighted by atomic mass is 32.2. The van der Waals surface area contributed by atoms with E-state index in [1.54, 1.807) is 31.0 Å². The van der Waals surface area contributed by atoms with E-state index in [4.69, 9.17) is 4.74 Å². The van der Waals surface area contributed by atoms with E-state index < -0.39 is 22.2 Å². The second kappa shape index (κ2) is 10.4. The minimum Gasteiger partial charge on any atom is -0.487 e. The van der Waals surface area contributed by atoms with Crippen molar-refractivity contribution in [3.63, 3.8) is 0 Å². The van der Waals surface area contributed by atoms with Gasteiger partial charge in [-0.3, -0.25) is 9.69 Å². The maximum Gasteiger partial charge on any atom is 0.247 e. The molecule has 0 radical (unpaired) electrons. The van der Waals surface area contributed by atoms with E-state index in [2.05, 4.69) is 11.8 Å². The van der Waals surface area contributed by atoms with Gasteiger partial charge < -0.3 is 14.7 Å². The standard InChI is InChI=1S/C24H35N3O5S/c1-17-14-27(18(2)16-28)33(30,31)23-11-8-19(7-6-12-25(3)4)13-21(23)32-22(17)15-26(5)24(29)20-9-10-20/h8,11,13,17-18,20,22,28H,9-10,12,14-16H2,1-5H3/t17-,18+,22-/m1/s1. The van der Waals surface area contributed by atoms with Gasteiger partial charge in [0.2, 0.25) is 15.9 Å². The highest BCUT2D eigenvalue weighted by Gasteiger charge is 2.39. The summed E-state index contributed by atoms with van der Waals surface area (Å²) >= 11 is 0. The zero-order valence-electron chi connectivity index (χ0n) is 20.1. The fourth-order valence-electron chi connectivity index (χ4n) is 3.82. The van der Waals surface area contributed by atoms with E-state index in [9.17, 15) is 18.3 Å². The summed E-state index contributed by atoms with van der Waals surface area (Å²) in [5.41, 5.74) is 0.655. The third kappa shape index (κ3) is 6.07. The van der Waals surface area contributed by atoms with Gasteiger partial charge in [-0.1, -0.05) is 18.8 Å². The Hall–Kier alpha value is -2.12. The van der Waals surface area contributed by atoms with Crippen LogP contribution in [0.3, 0.4) is 0 Å². The Bertz CT molecular complexity index is 1030. The predicted molar refractivity (Wildman–Crippen MR) is 126 cm³/mol. The van der Waals surface area contributed by atoms with Crippen molar-refractivity contribution in [1.29, 1.82) is 0 Å². The van der Waals surface area contributed by atoms with E-state index in [1.165, 1.54) is 10.4 Å². The molecule has 0 unspecified atom stereocenters. The Morgan fingerprint density at radius 1 is 1.30 bits per heavy atom. The summed E-state index contributed by atoms with van der Waals surface area (Å²) in [5.74, 6) is 6.33. The lowest BCUT2D eigenvalue weighted by Crippen LogP contribution is -2.50. The number of aliphatic hydroxyl groups excluding tert-OH is 1. The number of rotatable bonds is 6. The van der Waals surface area contributed by atoms with Crippen LogP contribution in [0.4, 0.5) is 0 Å². The van der Waals surface area contributed by atoms with E-state index in [0.29, 0.717) is 18.7 Å². The molecule has 1 fully saturated rings. The number of hydrogen-bond donors (Lipinski definition) is 1. The summed E-state index contributed by atoms with van der Waals surface area (Å²) < 4.78 is 34.6. The minimum atomic E-state index is -3.90. The zero-order valence-corrected chi connectivity index (χ0v) is 20.9. The van der Waals surface area contributed by atoms with Crippen LogP contribution < -0.4 is 4.74 Å². The van der Waals surface area contributed by atoms with Crippen LogP contribution in [0.25, 0.3) is 0 Å². The van der Waals surface area contributed by atoms with Gasteiger partial charge in [0.1, 0.15) is 16.7 Å². The molecule has 0 aromatic heterocycles. The van der Waals surface area contributed by atoms with Crippen molar-refractivity contribution >= 4 is 15.9 Å². The van der Waals surface area contributed by atoms with E-state index in [-0.39, 0.29) is 41.5 Å². The first-order chi connectivity index (χ1) is 15.5. The van der Waals surface area contributed by atoms with Crippen molar-refractivity contribution in [2.75, 3.05) is 47.4 Å². The van der Waals surface area contributed by atoms with Crippen molar-refractivity contribution < 1.29 is 23.1 Å². The average molecular weight is 478 g/mol. The van der Waals surface area contributed by atoms with Gasteiger partial charge in [0, 0.05) is 37.0 Å². The van der Waals surface area contributed by atoms with Gasteiger partial charge in [-0.25, -0.2) is 8.42 Å². The molecule has 0 bridgehead atoms. The van der Waals surface area contributed by atoms with Crippen LogP contribution in [0, 0.1) is 23.7 Å². The number of sulfonamides is 1. The van der Waals surface area contributed by atoms with E-state index >= 15 is 0 Å². The Balaban J connectivity index is 2.00. The molecular formula is C24H35N3O5S. The fraction of sp³-hybridized carbons (Fsp3) is 0.625. The molecule has 1 amide bonds. The summed E-state index contributed by atoms with van der Waals surface area (Å²) in [6, 6.07) is 4.26. The Labute approximate surface area is 197 Å². The average Bonchev–Trinajstić information content (AvgIpc) is 3.60. The molecule has 1 saturated carbocycles. The molecule has 1 aliphatic carbocycles. The number of likely N-dealkylation sites (N-methyl/N-ethyl adjacent to an activating group) is 1. The van der Waals surface area contributed by atoms with E-state index in [1.807, 2.05) is 25.9 Å². The van der Waals surface area contributed by atoms with Crippen LogP contribution in [0.1, 0.15) is 32.3 Å². The number of carbonyl (C=O) groups is 1. The van der Waals surface area contributed by atoms with Crippen molar-refractivity contribution in [2.24, 2.45) is 11.8 Å². The lowest BCUT2D eigenvalue weighted by molar-refractivity contribution is -0.132. The number of hydrogen-bond acceptors (Lipinski definition) is 6. The topological polar surface area (TPSA) is 90.4 Å². The van der Waals surface area contributed by atoms with Crippen molar-refractivity contribution in [2.45, 2.75) is 43.7 Å². The first kappa shape index (κ1) is 25.5. The molecule has 1 N–H and O–H groups in total. The maximum atomic E-state index is 13.5. The molecule has 3 atom stereocenters. The van der Waals surface area contributed by atoms with Gasteiger partial charge in [0.15, 0.2) is 0 Å². The SMILES string of the molecule is C[C@@H]1CN([C@@H](C)CO)S(=O)(=O)c2ccc(C#CCN(C)C)cc2O[C@@H]1CN(C)C(=O)C1CC1. The van der Waals surface area contributed by atoms with Gasteiger partial charge in [-0.15, -0.1) is 0 Å². The Kier molecular flexibility index (Phi) is 8.06. The molecule has 33 heavy (non-hydrogen) atoms. The third-order valence-corrected chi connectivity index (χ3v) is 8.07. The number of nitrogens with zero attached hydrogens (tertiary/aromatic N) is 3. The molecule has 2 aliphatic rings. The van der Waals surface area contributed by atoms with Crippen LogP contribution >= 0.6 is 0 Å². The highest BCUT2D eigenvalue weighted by molar-refractivity contribution is 7.89. The summed E-state index contributed by atoms with van der Waals surface area (Å²) in [5, 5.41) is 9.74. The monoisotopic (exact) mass is 477 g/mol. The lowest BCUT2D eigenvalue weighted by Gasteiger charge is -2.37. The first-order valence-electron chi connectivity index (χ1n) is 11.4. The molecule has 1 aromatic rings. The molecule has 1 aliphatic heterocycles. The third-order valence-electron chi connectivity index (χ3n) is 6.05.